The number of hydrogen-bond acceptors (Lipinski definition) is 4. The van der Waals surface area contributed by atoms with Crippen molar-refractivity contribution < 1.29 is 14.3 Å². The van der Waals surface area contributed by atoms with Gasteiger partial charge in [0.2, 0.25) is 5.91 Å². The van der Waals surface area contributed by atoms with Gasteiger partial charge in [-0.25, -0.2) is 4.79 Å². The molecule has 0 aliphatic heterocycles. The van der Waals surface area contributed by atoms with Crippen molar-refractivity contribution in [3.05, 3.63) is 11.6 Å². The molecule has 5 heteroatoms. The predicted octanol–water partition coefficient (Wildman–Crippen LogP) is 2.27. The van der Waals surface area contributed by atoms with Crippen LogP contribution >= 0.6 is 0 Å². The van der Waals surface area contributed by atoms with E-state index in [4.69, 9.17) is 4.74 Å². The Kier molecular flexibility index (Phi) is 8.38. The number of carbonyl (C=O) groups is 2. The van der Waals surface area contributed by atoms with Gasteiger partial charge in [-0.05, 0) is 32.2 Å². The SMILES string of the molecule is CCOC(=O)C(C)=C[C@@H](NC(=O)[C@@H](NC)C(C)(C)C)C(C)C. The first-order valence-electron chi connectivity index (χ1n) is 7.87. The van der Waals surface area contributed by atoms with E-state index in [1.165, 1.54) is 0 Å². The van der Waals surface area contributed by atoms with Crippen LogP contribution < -0.4 is 10.6 Å². The van der Waals surface area contributed by atoms with Gasteiger partial charge in [-0.1, -0.05) is 40.7 Å². The first-order chi connectivity index (χ1) is 10.0. The van der Waals surface area contributed by atoms with Crippen LogP contribution in [0, 0.1) is 11.3 Å². The Balaban J connectivity index is 5.10. The van der Waals surface area contributed by atoms with Gasteiger partial charge in [0.25, 0.3) is 0 Å². The molecule has 0 heterocycles. The van der Waals surface area contributed by atoms with E-state index in [2.05, 4.69) is 10.6 Å². The number of esters is 1. The number of nitrogens with one attached hydrogen (secondary N) is 2. The normalized spacial score (nSPS) is 15.4. The van der Waals surface area contributed by atoms with E-state index in [9.17, 15) is 9.59 Å². The molecule has 2 atom stereocenters. The predicted molar refractivity (Wildman–Crippen MR) is 89.5 cm³/mol. The van der Waals surface area contributed by atoms with Crippen LogP contribution in [0.4, 0.5) is 0 Å². The molecule has 0 saturated heterocycles. The van der Waals surface area contributed by atoms with E-state index in [1.807, 2.05) is 34.6 Å². The minimum atomic E-state index is -0.344. The van der Waals surface area contributed by atoms with Gasteiger partial charge >= 0.3 is 5.97 Å². The van der Waals surface area contributed by atoms with Gasteiger partial charge in [0.1, 0.15) is 0 Å². The summed E-state index contributed by atoms with van der Waals surface area (Å²) in [6, 6.07) is -0.514. The maximum Gasteiger partial charge on any atom is 0.333 e. The van der Waals surface area contributed by atoms with Crippen molar-refractivity contribution in [2.75, 3.05) is 13.7 Å². The Morgan fingerprint density at radius 1 is 1.23 bits per heavy atom. The van der Waals surface area contributed by atoms with Crippen LogP contribution in [0.3, 0.4) is 0 Å². The lowest BCUT2D eigenvalue weighted by molar-refractivity contribution is -0.138. The lowest BCUT2D eigenvalue weighted by Gasteiger charge is -2.31. The molecule has 0 aliphatic rings. The molecule has 128 valence electrons. The highest BCUT2D eigenvalue weighted by Gasteiger charge is 2.31. The van der Waals surface area contributed by atoms with Gasteiger partial charge in [0.15, 0.2) is 0 Å². The third kappa shape index (κ3) is 6.60. The zero-order valence-corrected chi connectivity index (χ0v) is 15.2. The molecule has 0 aromatic heterocycles. The van der Waals surface area contributed by atoms with Crippen LogP contribution in [0.2, 0.25) is 0 Å². The number of ether oxygens (including phenoxy) is 1. The van der Waals surface area contributed by atoms with Gasteiger partial charge in [-0.15, -0.1) is 0 Å². The molecule has 0 spiro atoms. The van der Waals surface area contributed by atoms with Crippen LogP contribution in [-0.4, -0.2) is 37.6 Å². The molecule has 0 aliphatic carbocycles. The third-order valence-corrected chi connectivity index (χ3v) is 3.47. The summed E-state index contributed by atoms with van der Waals surface area (Å²) < 4.78 is 4.98. The average Bonchev–Trinajstić information content (AvgIpc) is 2.36. The maximum absolute atomic E-state index is 12.5. The molecule has 2 N–H and O–H groups in total. The standard InChI is InChI=1S/C17H32N2O3/c1-9-22-16(21)12(4)10-13(11(2)3)19-15(20)14(18-8)17(5,6)7/h10-11,13-14,18H,9H2,1-8H3,(H,19,20)/t13-,14-/m1/s1. The zero-order valence-electron chi connectivity index (χ0n) is 15.2. The topological polar surface area (TPSA) is 67.4 Å². The second-order valence-electron chi connectivity index (χ2n) is 6.94. The second kappa shape index (κ2) is 8.93. The van der Waals surface area contributed by atoms with E-state index in [0.717, 1.165) is 0 Å². The van der Waals surface area contributed by atoms with Gasteiger partial charge in [0.05, 0.1) is 18.7 Å². The summed E-state index contributed by atoms with van der Waals surface area (Å²) in [7, 11) is 1.78. The van der Waals surface area contributed by atoms with E-state index >= 15 is 0 Å². The van der Waals surface area contributed by atoms with Crippen molar-refractivity contribution in [3.63, 3.8) is 0 Å². The smallest absolute Gasteiger partial charge is 0.333 e. The second-order valence-corrected chi connectivity index (χ2v) is 6.94. The van der Waals surface area contributed by atoms with E-state index in [0.29, 0.717) is 12.2 Å². The summed E-state index contributed by atoms with van der Waals surface area (Å²) in [5.74, 6) is -0.240. The van der Waals surface area contributed by atoms with Crippen LogP contribution in [0.15, 0.2) is 11.6 Å². The van der Waals surface area contributed by atoms with Crippen LogP contribution in [0.1, 0.15) is 48.5 Å². The molecule has 0 unspecified atom stereocenters. The molecule has 0 aromatic carbocycles. The molecule has 0 aromatic rings. The van der Waals surface area contributed by atoms with Crippen LogP contribution in [-0.2, 0) is 14.3 Å². The van der Waals surface area contributed by atoms with Gasteiger partial charge in [0, 0.05) is 5.57 Å². The molecule has 5 nitrogen and oxygen atoms in total. The van der Waals surface area contributed by atoms with Gasteiger partial charge in [-0.2, -0.15) is 0 Å². The quantitative estimate of drug-likeness (QED) is 0.559. The Bertz CT molecular complexity index is 409. The van der Waals surface area contributed by atoms with Crippen molar-refractivity contribution in [1.29, 1.82) is 0 Å². The van der Waals surface area contributed by atoms with Crippen molar-refractivity contribution >= 4 is 11.9 Å². The molecule has 0 rings (SSSR count). The monoisotopic (exact) mass is 312 g/mol. The van der Waals surface area contributed by atoms with Crippen LogP contribution in [0.25, 0.3) is 0 Å². The maximum atomic E-state index is 12.5. The molecule has 0 fully saturated rings. The first kappa shape index (κ1) is 20.6. The molecular weight excluding hydrogens is 280 g/mol. The Hall–Kier alpha value is -1.36. The first-order valence-corrected chi connectivity index (χ1v) is 7.87. The highest BCUT2D eigenvalue weighted by Crippen LogP contribution is 2.19. The molecule has 0 saturated carbocycles. The summed E-state index contributed by atoms with van der Waals surface area (Å²) in [6.45, 7) is 13.9. The summed E-state index contributed by atoms with van der Waals surface area (Å²) in [6.07, 6.45) is 1.77. The Morgan fingerprint density at radius 2 is 1.77 bits per heavy atom. The molecule has 0 bridgehead atoms. The average molecular weight is 312 g/mol. The summed E-state index contributed by atoms with van der Waals surface area (Å²) in [4.78, 5) is 24.2. The van der Waals surface area contributed by atoms with Gasteiger partial charge in [-0.3, -0.25) is 4.79 Å². The highest BCUT2D eigenvalue weighted by atomic mass is 16.5. The van der Waals surface area contributed by atoms with Crippen molar-refractivity contribution in [2.24, 2.45) is 11.3 Å². The van der Waals surface area contributed by atoms with Crippen molar-refractivity contribution in [3.8, 4) is 0 Å². The number of carbonyl (C=O) groups excluding carboxylic acids is 2. The lowest BCUT2D eigenvalue weighted by Crippen LogP contribution is -2.53. The fourth-order valence-corrected chi connectivity index (χ4v) is 2.19. The van der Waals surface area contributed by atoms with Crippen LogP contribution in [0.5, 0.6) is 0 Å². The summed E-state index contributed by atoms with van der Waals surface area (Å²) in [5, 5.41) is 6.07. The Morgan fingerprint density at radius 3 is 2.14 bits per heavy atom. The fourth-order valence-electron chi connectivity index (χ4n) is 2.19. The number of amides is 1. The number of hydrogen-bond donors (Lipinski definition) is 2. The van der Waals surface area contributed by atoms with E-state index < -0.39 is 0 Å². The molecule has 22 heavy (non-hydrogen) atoms. The minimum absolute atomic E-state index is 0.0680. The van der Waals surface area contributed by atoms with E-state index in [1.54, 1.807) is 27.0 Å². The third-order valence-electron chi connectivity index (χ3n) is 3.47. The zero-order chi connectivity index (χ0) is 17.5. The highest BCUT2D eigenvalue weighted by molar-refractivity contribution is 5.88. The minimum Gasteiger partial charge on any atom is -0.463 e. The number of likely N-dealkylation sites (N-methyl/N-ethyl adjacent to an activating group) is 1. The van der Waals surface area contributed by atoms with E-state index in [-0.39, 0.29) is 35.3 Å². The lowest BCUT2D eigenvalue weighted by atomic mass is 9.86. The summed E-state index contributed by atoms with van der Waals surface area (Å²) >= 11 is 0. The largest absolute Gasteiger partial charge is 0.463 e. The van der Waals surface area contributed by atoms with Crippen molar-refractivity contribution in [1.82, 2.24) is 10.6 Å². The molecular formula is C17H32N2O3. The fraction of sp³-hybridized carbons (Fsp3) is 0.765. The molecule has 0 radical (unpaired) electrons. The van der Waals surface area contributed by atoms with Crippen molar-refractivity contribution in [2.45, 2.75) is 60.5 Å². The Labute approximate surface area is 134 Å². The molecule has 1 amide bonds. The number of rotatable bonds is 7. The summed E-state index contributed by atoms with van der Waals surface area (Å²) in [5.41, 5.74) is 0.317. The van der Waals surface area contributed by atoms with Gasteiger partial charge < -0.3 is 15.4 Å².